The molecule has 11 heteroatoms. The number of carbonyl (C=O) groups is 2. The Morgan fingerprint density at radius 1 is 1.12 bits per heavy atom. The van der Waals surface area contributed by atoms with Gasteiger partial charge in [-0.05, 0) is 24.6 Å². The predicted molar refractivity (Wildman–Crippen MR) is 119 cm³/mol. The minimum Gasteiger partial charge on any atom is -0.405 e. The van der Waals surface area contributed by atoms with Crippen molar-refractivity contribution in [1.82, 2.24) is 15.1 Å². The number of thiophene rings is 1. The van der Waals surface area contributed by atoms with Crippen LogP contribution < -0.4 is 10.1 Å². The van der Waals surface area contributed by atoms with Crippen molar-refractivity contribution in [3.8, 4) is 5.75 Å². The fraction of sp³-hybridized carbons (Fsp3) is 0.478. The molecule has 2 saturated heterocycles. The summed E-state index contributed by atoms with van der Waals surface area (Å²) < 4.78 is 47.1. The van der Waals surface area contributed by atoms with E-state index in [4.69, 9.17) is 4.74 Å². The fourth-order valence-corrected chi connectivity index (χ4v) is 5.02. The molecule has 2 fully saturated rings. The average Bonchev–Trinajstić information content (AvgIpc) is 3.50. The van der Waals surface area contributed by atoms with Crippen LogP contribution in [0.15, 0.2) is 36.4 Å². The number of hydrogen-bond acceptors (Lipinski definition) is 6. The Hall–Kier alpha value is -2.63. The van der Waals surface area contributed by atoms with Crippen molar-refractivity contribution in [2.24, 2.45) is 5.92 Å². The van der Waals surface area contributed by atoms with E-state index in [9.17, 15) is 22.8 Å². The van der Waals surface area contributed by atoms with Crippen LogP contribution in [0, 0.1) is 5.92 Å². The number of nitrogens with one attached hydrogen (secondary N) is 1. The molecule has 7 nitrogen and oxygen atoms in total. The Morgan fingerprint density at radius 3 is 2.59 bits per heavy atom. The van der Waals surface area contributed by atoms with Gasteiger partial charge in [0.25, 0.3) is 5.91 Å². The molecule has 1 aromatic heterocycles. The summed E-state index contributed by atoms with van der Waals surface area (Å²) in [6.07, 6.45) is -4.01. The first-order valence-corrected chi connectivity index (χ1v) is 11.9. The van der Waals surface area contributed by atoms with E-state index >= 15 is 0 Å². The minimum atomic E-state index is -4.80. The summed E-state index contributed by atoms with van der Waals surface area (Å²) in [5.74, 6) is -0.529. The number of halogens is 3. The zero-order valence-electron chi connectivity index (χ0n) is 18.5. The Kier molecular flexibility index (Phi) is 7.74. The van der Waals surface area contributed by atoms with Crippen LogP contribution in [0.5, 0.6) is 5.75 Å². The molecule has 0 saturated carbocycles. The maximum Gasteiger partial charge on any atom is 0.573 e. The second-order valence-electron chi connectivity index (χ2n) is 8.27. The van der Waals surface area contributed by atoms with Gasteiger partial charge in [0.05, 0.1) is 17.4 Å². The molecule has 1 N–H and O–H groups in total. The average molecular weight is 498 g/mol. The third-order valence-electron chi connectivity index (χ3n) is 5.87. The van der Waals surface area contributed by atoms with Crippen LogP contribution in [0.3, 0.4) is 0 Å². The first-order chi connectivity index (χ1) is 16.3. The Bertz CT molecular complexity index is 999. The highest BCUT2D eigenvalue weighted by atomic mass is 32.1. The lowest BCUT2D eigenvalue weighted by Gasteiger charge is -2.35. The van der Waals surface area contributed by atoms with Crippen molar-refractivity contribution in [3.05, 3.63) is 51.7 Å². The number of alkyl halides is 3. The van der Waals surface area contributed by atoms with Gasteiger partial charge in [-0.1, -0.05) is 18.2 Å². The second-order valence-corrected chi connectivity index (χ2v) is 9.43. The summed E-state index contributed by atoms with van der Waals surface area (Å²) >= 11 is 1.35. The normalized spacial score (nSPS) is 19.3. The molecule has 3 heterocycles. The molecule has 184 valence electrons. The van der Waals surface area contributed by atoms with Gasteiger partial charge in [0.2, 0.25) is 5.91 Å². The molecule has 2 aliphatic heterocycles. The fourth-order valence-electron chi connectivity index (χ4n) is 4.06. The van der Waals surface area contributed by atoms with Crippen LogP contribution in [0.25, 0.3) is 0 Å². The number of para-hydroxylation sites is 1. The van der Waals surface area contributed by atoms with Gasteiger partial charge in [0, 0.05) is 56.3 Å². The standard InChI is InChI=1S/C23H26F3N3O4S/c24-23(25,26)33-19-4-2-1-3-16(19)13-27-21(30)20-6-5-18(34-20)14-28-8-10-29(11-9-28)22(31)17-7-12-32-15-17/h1-6,17H,7-15H2,(H,27,30). The highest BCUT2D eigenvalue weighted by Crippen LogP contribution is 2.26. The number of rotatable bonds is 7. The molecule has 0 spiro atoms. The molecule has 0 aliphatic carbocycles. The van der Waals surface area contributed by atoms with E-state index in [-0.39, 0.29) is 35.6 Å². The zero-order chi connectivity index (χ0) is 24.1. The van der Waals surface area contributed by atoms with Gasteiger partial charge >= 0.3 is 6.36 Å². The van der Waals surface area contributed by atoms with E-state index in [0.29, 0.717) is 37.7 Å². The molecule has 1 unspecified atom stereocenters. The number of carbonyl (C=O) groups excluding carboxylic acids is 2. The topological polar surface area (TPSA) is 71.1 Å². The molecule has 2 aromatic rings. The lowest BCUT2D eigenvalue weighted by molar-refractivity contribution is -0.274. The van der Waals surface area contributed by atoms with E-state index in [1.165, 1.54) is 29.5 Å². The summed E-state index contributed by atoms with van der Waals surface area (Å²) in [7, 11) is 0. The highest BCUT2D eigenvalue weighted by Gasteiger charge is 2.32. The number of benzene rings is 1. The molecule has 2 aliphatic rings. The summed E-state index contributed by atoms with van der Waals surface area (Å²) in [4.78, 5) is 30.7. The van der Waals surface area contributed by atoms with Crippen LogP contribution in [-0.2, 0) is 22.6 Å². The van der Waals surface area contributed by atoms with Crippen LogP contribution in [0.1, 0.15) is 26.5 Å². The molecule has 4 rings (SSSR count). The summed E-state index contributed by atoms with van der Waals surface area (Å²) in [6, 6.07) is 9.32. The summed E-state index contributed by atoms with van der Waals surface area (Å²) in [5, 5.41) is 2.66. The van der Waals surface area contributed by atoms with Gasteiger partial charge in [-0.15, -0.1) is 24.5 Å². The lowest BCUT2D eigenvalue weighted by Crippen LogP contribution is -2.50. The van der Waals surface area contributed by atoms with Gasteiger partial charge in [0.15, 0.2) is 0 Å². The molecule has 1 atom stereocenters. The third-order valence-corrected chi connectivity index (χ3v) is 6.93. The number of hydrogen-bond donors (Lipinski definition) is 1. The minimum absolute atomic E-state index is 0.0168. The van der Waals surface area contributed by atoms with Gasteiger partial charge in [-0.25, -0.2) is 0 Å². The quantitative estimate of drug-likeness (QED) is 0.636. The van der Waals surface area contributed by atoms with E-state index in [1.54, 1.807) is 12.1 Å². The first-order valence-electron chi connectivity index (χ1n) is 11.1. The predicted octanol–water partition coefficient (Wildman–Crippen LogP) is 3.26. The smallest absolute Gasteiger partial charge is 0.405 e. The van der Waals surface area contributed by atoms with Gasteiger partial charge in [-0.3, -0.25) is 14.5 Å². The Balaban J connectivity index is 1.25. The maximum atomic E-state index is 12.6. The monoisotopic (exact) mass is 497 g/mol. The van der Waals surface area contributed by atoms with Crippen LogP contribution >= 0.6 is 11.3 Å². The highest BCUT2D eigenvalue weighted by molar-refractivity contribution is 7.14. The molecule has 2 amide bonds. The van der Waals surface area contributed by atoms with E-state index < -0.39 is 6.36 Å². The summed E-state index contributed by atoms with van der Waals surface area (Å²) in [6.45, 7) is 4.62. The van der Waals surface area contributed by atoms with Crippen molar-refractivity contribution in [1.29, 1.82) is 0 Å². The van der Waals surface area contributed by atoms with E-state index in [0.717, 1.165) is 24.4 Å². The van der Waals surface area contributed by atoms with Crippen LogP contribution in [0.4, 0.5) is 13.2 Å². The van der Waals surface area contributed by atoms with Crippen molar-refractivity contribution in [2.75, 3.05) is 39.4 Å². The SMILES string of the molecule is O=C(NCc1ccccc1OC(F)(F)F)c1ccc(CN2CCN(C(=O)C3CCOC3)CC2)s1. The van der Waals surface area contributed by atoms with Crippen molar-refractivity contribution in [2.45, 2.75) is 25.9 Å². The molecule has 0 radical (unpaired) electrons. The lowest BCUT2D eigenvalue weighted by atomic mass is 10.1. The largest absolute Gasteiger partial charge is 0.573 e. The number of amides is 2. The van der Waals surface area contributed by atoms with Crippen molar-refractivity contribution >= 4 is 23.2 Å². The van der Waals surface area contributed by atoms with E-state index in [2.05, 4.69) is 15.0 Å². The van der Waals surface area contributed by atoms with Gasteiger partial charge < -0.3 is 19.7 Å². The van der Waals surface area contributed by atoms with Crippen LogP contribution in [-0.4, -0.2) is 67.4 Å². The molecule has 0 bridgehead atoms. The molecular weight excluding hydrogens is 471 g/mol. The third kappa shape index (κ3) is 6.49. The van der Waals surface area contributed by atoms with Gasteiger partial charge in [-0.2, -0.15) is 0 Å². The van der Waals surface area contributed by atoms with Crippen molar-refractivity contribution < 1.29 is 32.2 Å². The number of piperazine rings is 1. The summed E-state index contributed by atoms with van der Waals surface area (Å²) in [5.41, 5.74) is 0.238. The van der Waals surface area contributed by atoms with Crippen LogP contribution in [0.2, 0.25) is 0 Å². The van der Waals surface area contributed by atoms with E-state index in [1.807, 2.05) is 11.0 Å². The number of nitrogens with zero attached hydrogens (tertiary/aromatic N) is 2. The second kappa shape index (κ2) is 10.7. The maximum absolute atomic E-state index is 12.6. The first kappa shape index (κ1) is 24.5. The molecule has 34 heavy (non-hydrogen) atoms. The molecule has 1 aromatic carbocycles. The van der Waals surface area contributed by atoms with Gasteiger partial charge in [0.1, 0.15) is 5.75 Å². The Morgan fingerprint density at radius 2 is 1.88 bits per heavy atom. The molecular formula is C23H26F3N3O4S. The zero-order valence-corrected chi connectivity index (χ0v) is 19.3. The Labute approximate surface area is 199 Å². The van der Waals surface area contributed by atoms with Crippen molar-refractivity contribution in [3.63, 3.8) is 0 Å². The number of ether oxygens (including phenoxy) is 2.